The number of ether oxygens (including phenoxy) is 2. The molecule has 8 nitrogen and oxygen atoms in total. The lowest BCUT2D eigenvalue weighted by molar-refractivity contribution is 0.0663. The van der Waals surface area contributed by atoms with Crippen LogP contribution in [-0.2, 0) is 4.74 Å². The van der Waals surface area contributed by atoms with Gasteiger partial charge in [0.2, 0.25) is 11.7 Å². The highest BCUT2D eigenvalue weighted by atomic mass is 16.5. The van der Waals surface area contributed by atoms with Crippen LogP contribution in [0.15, 0.2) is 41.1 Å². The number of fused-ring (bicyclic) bond motifs is 1. The second-order valence-corrected chi connectivity index (χ2v) is 7.14. The van der Waals surface area contributed by atoms with Crippen LogP contribution in [0.5, 0.6) is 5.88 Å². The van der Waals surface area contributed by atoms with Crippen LogP contribution in [0.25, 0.3) is 33.9 Å². The first-order valence-electron chi connectivity index (χ1n) is 9.64. The Labute approximate surface area is 167 Å². The number of para-hydroxylation sites is 1. The summed E-state index contributed by atoms with van der Waals surface area (Å²) >= 11 is 0. The van der Waals surface area contributed by atoms with Crippen LogP contribution in [0.3, 0.4) is 0 Å². The van der Waals surface area contributed by atoms with E-state index in [0.29, 0.717) is 29.3 Å². The average Bonchev–Trinajstić information content (AvgIpc) is 3.40. The summed E-state index contributed by atoms with van der Waals surface area (Å²) in [6.07, 6.45) is 3.96. The van der Waals surface area contributed by atoms with Gasteiger partial charge in [-0.3, -0.25) is 4.68 Å². The molecule has 0 N–H and O–H groups in total. The van der Waals surface area contributed by atoms with E-state index in [0.717, 1.165) is 48.1 Å². The van der Waals surface area contributed by atoms with Gasteiger partial charge in [-0.2, -0.15) is 10.1 Å². The van der Waals surface area contributed by atoms with E-state index in [-0.39, 0.29) is 0 Å². The minimum Gasteiger partial charge on any atom is -0.481 e. The third kappa shape index (κ3) is 3.25. The molecule has 1 fully saturated rings. The van der Waals surface area contributed by atoms with Crippen molar-refractivity contribution >= 4 is 10.9 Å². The minimum atomic E-state index is 0.340. The van der Waals surface area contributed by atoms with Gasteiger partial charge in [0.25, 0.3) is 5.89 Å². The molecule has 5 rings (SSSR count). The molecule has 148 valence electrons. The molecule has 3 aromatic heterocycles. The molecule has 1 aromatic carbocycles. The number of rotatable bonds is 4. The van der Waals surface area contributed by atoms with Gasteiger partial charge >= 0.3 is 0 Å². The van der Waals surface area contributed by atoms with E-state index in [1.807, 2.05) is 48.1 Å². The van der Waals surface area contributed by atoms with E-state index in [1.54, 1.807) is 7.11 Å². The summed E-state index contributed by atoms with van der Waals surface area (Å²) in [7, 11) is 1.59. The molecule has 0 radical (unpaired) electrons. The van der Waals surface area contributed by atoms with E-state index in [9.17, 15) is 0 Å². The van der Waals surface area contributed by atoms with E-state index in [1.165, 1.54) is 0 Å². The zero-order chi connectivity index (χ0) is 19.8. The third-order valence-corrected chi connectivity index (χ3v) is 5.25. The lowest BCUT2D eigenvalue weighted by Crippen LogP contribution is -2.19. The predicted molar refractivity (Wildman–Crippen MR) is 107 cm³/mol. The minimum absolute atomic E-state index is 0.340. The van der Waals surface area contributed by atoms with Crippen molar-refractivity contribution in [2.24, 2.45) is 0 Å². The van der Waals surface area contributed by atoms with E-state index >= 15 is 0 Å². The summed E-state index contributed by atoms with van der Waals surface area (Å²) < 4.78 is 18.4. The fourth-order valence-corrected chi connectivity index (χ4v) is 3.70. The summed E-state index contributed by atoms with van der Waals surface area (Å²) in [5, 5.41) is 9.88. The van der Waals surface area contributed by atoms with Crippen molar-refractivity contribution in [3.8, 4) is 28.9 Å². The number of pyridine rings is 1. The van der Waals surface area contributed by atoms with Crippen molar-refractivity contribution in [1.82, 2.24) is 24.9 Å². The molecule has 0 spiro atoms. The molecule has 1 aliphatic rings. The zero-order valence-corrected chi connectivity index (χ0v) is 16.3. The molecule has 0 atom stereocenters. The number of methoxy groups -OCH3 is 1. The number of aromatic nitrogens is 5. The highest BCUT2D eigenvalue weighted by Crippen LogP contribution is 2.31. The molecule has 1 aliphatic heterocycles. The molecular formula is C21H21N5O3. The monoisotopic (exact) mass is 391 g/mol. The van der Waals surface area contributed by atoms with Gasteiger partial charge in [-0.1, -0.05) is 23.4 Å². The van der Waals surface area contributed by atoms with Crippen molar-refractivity contribution < 1.29 is 14.0 Å². The van der Waals surface area contributed by atoms with Gasteiger partial charge in [-0.25, -0.2) is 4.98 Å². The van der Waals surface area contributed by atoms with E-state index < -0.39 is 0 Å². The van der Waals surface area contributed by atoms with Gasteiger partial charge in [0, 0.05) is 42.0 Å². The Morgan fingerprint density at radius 1 is 1.14 bits per heavy atom. The largest absolute Gasteiger partial charge is 0.481 e. The Bertz CT molecular complexity index is 1160. The van der Waals surface area contributed by atoms with Crippen LogP contribution in [0.2, 0.25) is 0 Å². The molecule has 8 heteroatoms. The van der Waals surface area contributed by atoms with Crippen LogP contribution >= 0.6 is 0 Å². The Balaban J connectivity index is 1.54. The second kappa shape index (κ2) is 7.29. The van der Waals surface area contributed by atoms with Crippen LogP contribution in [0.4, 0.5) is 0 Å². The molecule has 0 aliphatic carbocycles. The maximum Gasteiger partial charge on any atom is 0.279 e. The topological polar surface area (TPSA) is 88.1 Å². The Kier molecular flexibility index (Phi) is 4.48. The molecule has 0 saturated carbocycles. The van der Waals surface area contributed by atoms with E-state index in [2.05, 4.69) is 15.1 Å². The molecule has 29 heavy (non-hydrogen) atoms. The maximum absolute atomic E-state index is 5.59. The number of benzene rings is 1. The molecule has 0 amide bonds. The van der Waals surface area contributed by atoms with Gasteiger partial charge in [-0.05, 0) is 25.8 Å². The average molecular weight is 391 g/mol. The Morgan fingerprint density at radius 3 is 2.79 bits per heavy atom. The molecule has 4 aromatic rings. The Morgan fingerprint density at radius 2 is 1.97 bits per heavy atom. The van der Waals surface area contributed by atoms with Crippen molar-refractivity contribution in [1.29, 1.82) is 0 Å². The molecule has 0 bridgehead atoms. The standard InChI is InChI=1S/C21H21N5O3/c1-13-12-26(14-7-9-28-10-8-14)24-19(13)21-23-20(25-29-21)16-11-18(27-2)22-17-6-4-3-5-15(16)17/h3-6,11-12,14H,7-10H2,1-2H3. The zero-order valence-electron chi connectivity index (χ0n) is 16.3. The quantitative estimate of drug-likeness (QED) is 0.522. The first kappa shape index (κ1) is 17.8. The highest BCUT2D eigenvalue weighted by molar-refractivity contribution is 5.93. The Hall–Kier alpha value is -3.26. The number of nitrogens with zero attached hydrogens (tertiary/aromatic N) is 5. The molecule has 0 unspecified atom stereocenters. The summed E-state index contributed by atoms with van der Waals surface area (Å²) in [6, 6.07) is 9.98. The maximum atomic E-state index is 5.59. The SMILES string of the molecule is COc1cc(-c2noc(-c3nn(C4CCOCC4)cc3C)n2)c2ccccc2n1. The molecular weight excluding hydrogens is 370 g/mol. The first-order valence-corrected chi connectivity index (χ1v) is 9.64. The molecule has 4 heterocycles. The van der Waals surface area contributed by atoms with Crippen molar-refractivity contribution in [2.45, 2.75) is 25.8 Å². The number of aryl methyl sites for hydroxylation is 1. The van der Waals surface area contributed by atoms with Crippen molar-refractivity contribution in [3.63, 3.8) is 0 Å². The first-order chi connectivity index (χ1) is 14.2. The third-order valence-electron chi connectivity index (χ3n) is 5.25. The lowest BCUT2D eigenvalue weighted by Gasteiger charge is -2.22. The smallest absolute Gasteiger partial charge is 0.279 e. The fraction of sp³-hybridized carbons (Fsp3) is 0.333. The van der Waals surface area contributed by atoms with Crippen molar-refractivity contribution in [2.75, 3.05) is 20.3 Å². The van der Waals surface area contributed by atoms with Crippen LogP contribution < -0.4 is 4.74 Å². The van der Waals surface area contributed by atoms with E-state index in [4.69, 9.17) is 19.1 Å². The van der Waals surface area contributed by atoms with Gasteiger partial charge < -0.3 is 14.0 Å². The summed E-state index contributed by atoms with van der Waals surface area (Å²) in [6.45, 7) is 3.54. The fourth-order valence-electron chi connectivity index (χ4n) is 3.70. The molecule has 1 saturated heterocycles. The predicted octanol–water partition coefficient (Wildman–Crippen LogP) is 3.82. The van der Waals surface area contributed by atoms with Gasteiger partial charge in [0.1, 0.15) is 0 Å². The van der Waals surface area contributed by atoms with Crippen molar-refractivity contribution in [3.05, 3.63) is 42.1 Å². The van der Waals surface area contributed by atoms with Gasteiger partial charge in [-0.15, -0.1) is 0 Å². The summed E-state index contributed by atoms with van der Waals surface area (Å²) in [5.74, 6) is 1.39. The van der Waals surface area contributed by atoms with Crippen LogP contribution in [0, 0.1) is 6.92 Å². The summed E-state index contributed by atoms with van der Waals surface area (Å²) in [4.78, 5) is 9.11. The number of hydrogen-bond donors (Lipinski definition) is 0. The second-order valence-electron chi connectivity index (χ2n) is 7.14. The van der Waals surface area contributed by atoms with Gasteiger partial charge in [0.05, 0.1) is 18.7 Å². The van der Waals surface area contributed by atoms with Gasteiger partial charge in [0.15, 0.2) is 5.69 Å². The lowest BCUT2D eigenvalue weighted by atomic mass is 10.1. The highest BCUT2D eigenvalue weighted by Gasteiger charge is 2.22. The normalized spacial score (nSPS) is 15.1. The van der Waals surface area contributed by atoms with Crippen LogP contribution in [-0.4, -0.2) is 45.2 Å². The van der Waals surface area contributed by atoms with Crippen LogP contribution in [0.1, 0.15) is 24.4 Å². The summed E-state index contributed by atoms with van der Waals surface area (Å²) in [5.41, 5.74) is 3.33. The number of hydrogen-bond acceptors (Lipinski definition) is 7.